The van der Waals surface area contributed by atoms with Crippen LogP contribution in [0.4, 0.5) is 5.13 Å². The van der Waals surface area contributed by atoms with Crippen LogP contribution in [-0.2, 0) is 4.79 Å². The highest BCUT2D eigenvalue weighted by Crippen LogP contribution is 2.34. The van der Waals surface area contributed by atoms with Gasteiger partial charge in [-0.25, -0.2) is 4.98 Å². The lowest BCUT2D eigenvalue weighted by Gasteiger charge is -2.30. The van der Waals surface area contributed by atoms with Crippen molar-refractivity contribution in [3.8, 4) is 11.5 Å². The summed E-state index contributed by atoms with van der Waals surface area (Å²) in [7, 11) is 3.98. The van der Waals surface area contributed by atoms with E-state index < -0.39 is 6.10 Å². The van der Waals surface area contributed by atoms with Crippen LogP contribution < -0.4 is 14.4 Å². The fourth-order valence-corrected chi connectivity index (χ4v) is 4.28. The second-order valence-electron chi connectivity index (χ2n) is 7.56. The number of hydrogen-bond acceptors (Lipinski definition) is 6. The first-order valence-corrected chi connectivity index (χ1v) is 10.5. The third-order valence-corrected chi connectivity index (χ3v) is 6.09. The Morgan fingerprint density at radius 1 is 1.14 bits per heavy atom. The Morgan fingerprint density at radius 2 is 1.86 bits per heavy atom. The molecule has 7 heteroatoms. The minimum Gasteiger partial charge on any atom is -0.485 e. The molecule has 1 aliphatic rings. The molecule has 0 fully saturated rings. The summed E-state index contributed by atoms with van der Waals surface area (Å²) in [6, 6.07) is 11.6. The van der Waals surface area contributed by atoms with Gasteiger partial charge in [0.2, 0.25) is 6.10 Å². The van der Waals surface area contributed by atoms with E-state index in [2.05, 4.69) is 30.9 Å². The van der Waals surface area contributed by atoms with Gasteiger partial charge in [-0.2, -0.15) is 0 Å². The van der Waals surface area contributed by atoms with Crippen LogP contribution in [0.25, 0.3) is 10.2 Å². The van der Waals surface area contributed by atoms with E-state index in [1.165, 1.54) is 22.5 Å². The largest absolute Gasteiger partial charge is 0.485 e. The van der Waals surface area contributed by atoms with Crippen molar-refractivity contribution in [2.45, 2.75) is 20.0 Å². The molecule has 4 rings (SSSR count). The number of para-hydroxylation sites is 2. The van der Waals surface area contributed by atoms with Crippen LogP contribution in [0.2, 0.25) is 0 Å². The summed E-state index contributed by atoms with van der Waals surface area (Å²) in [6.45, 7) is 5.62. The molecule has 0 saturated carbocycles. The Morgan fingerprint density at radius 3 is 2.62 bits per heavy atom. The Hall–Kier alpha value is -2.64. The molecular formula is C22H25N3O3S. The van der Waals surface area contributed by atoms with Crippen molar-refractivity contribution in [1.82, 2.24) is 9.88 Å². The van der Waals surface area contributed by atoms with E-state index in [0.717, 1.165) is 16.8 Å². The number of amides is 1. The summed E-state index contributed by atoms with van der Waals surface area (Å²) in [5, 5.41) is 0.694. The number of aromatic nitrogens is 1. The number of aryl methyl sites for hydroxylation is 2. The molecule has 1 aromatic heterocycles. The maximum absolute atomic E-state index is 13.4. The van der Waals surface area contributed by atoms with Gasteiger partial charge in [0, 0.05) is 13.1 Å². The Kier molecular flexibility index (Phi) is 5.43. The molecule has 0 spiro atoms. The van der Waals surface area contributed by atoms with Gasteiger partial charge < -0.3 is 14.4 Å². The van der Waals surface area contributed by atoms with E-state index in [1.807, 2.05) is 38.4 Å². The van der Waals surface area contributed by atoms with Crippen LogP contribution in [0, 0.1) is 13.8 Å². The quantitative estimate of drug-likeness (QED) is 0.642. The number of thiazole rings is 1. The molecule has 152 valence electrons. The summed E-state index contributed by atoms with van der Waals surface area (Å²) in [5.41, 5.74) is 3.34. The zero-order valence-corrected chi connectivity index (χ0v) is 18.0. The smallest absolute Gasteiger partial charge is 0.273 e. The van der Waals surface area contributed by atoms with Crippen LogP contribution in [0.15, 0.2) is 36.4 Å². The summed E-state index contributed by atoms with van der Waals surface area (Å²) in [4.78, 5) is 21.9. The molecule has 0 radical (unpaired) electrons. The van der Waals surface area contributed by atoms with Gasteiger partial charge in [-0.1, -0.05) is 23.5 Å². The normalized spacial score (nSPS) is 15.7. The predicted molar refractivity (Wildman–Crippen MR) is 116 cm³/mol. The molecule has 1 atom stereocenters. The van der Waals surface area contributed by atoms with E-state index in [-0.39, 0.29) is 12.5 Å². The van der Waals surface area contributed by atoms with Crippen molar-refractivity contribution in [3.63, 3.8) is 0 Å². The van der Waals surface area contributed by atoms with E-state index in [4.69, 9.17) is 14.5 Å². The summed E-state index contributed by atoms with van der Waals surface area (Å²) >= 11 is 1.54. The fourth-order valence-electron chi connectivity index (χ4n) is 3.20. The number of likely N-dealkylation sites (N-methyl/N-ethyl adjacent to an activating group) is 1. The van der Waals surface area contributed by atoms with Crippen molar-refractivity contribution in [2.24, 2.45) is 0 Å². The van der Waals surface area contributed by atoms with E-state index >= 15 is 0 Å². The first kappa shape index (κ1) is 19.7. The van der Waals surface area contributed by atoms with Crippen molar-refractivity contribution in [2.75, 3.05) is 38.7 Å². The van der Waals surface area contributed by atoms with Crippen molar-refractivity contribution < 1.29 is 14.3 Å². The summed E-state index contributed by atoms with van der Waals surface area (Å²) in [6.07, 6.45) is -0.692. The van der Waals surface area contributed by atoms with E-state index in [1.54, 1.807) is 4.90 Å². The molecule has 2 heterocycles. The lowest BCUT2D eigenvalue weighted by atomic mass is 10.1. The topological polar surface area (TPSA) is 54.9 Å². The number of anilines is 1. The molecule has 2 aromatic carbocycles. The highest BCUT2D eigenvalue weighted by molar-refractivity contribution is 7.22. The molecule has 0 aliphatic carbocycles. The zero-order valence-electron chi connectivity index (χ0n) is 17.1. The molecule has 0 bridgehead atoms. The number of nitrogens with zero attached hydrogens (tertiary/aromatic N) is 3. The highest BCUT2D eigenvalue weighted by atomic mass is 32.1. The lowest BCUT2D eigenvalue weighted by molar-refractivity contribution is -0.127. The molecule has 1 amide bonds. The molecule has 1 aliphatic heterocycles. The number of rotatable bonds is 5. The fraction of sp³-hybridized carbons (Fsp3) is 0.364. The summed E-state index contributed by atoms with van der Waals surface area (Å²) < 4.78 is 12.8. The number of carbonyl (C=O) groups is 1. The van der Waals surface area contributed by atoms with Crippen molar-refractivity contribution >= 4 is 32.6 Å². The van der Waals surface area contributed by atoms with Crippen molar-refractivity contribution in [1.29, 1.82) is 0 Å². The second kappa shape index (κ2) is 8.00. The second-order valence-corrected chi connectivity index (χ2v) is 8.57. The Labute approximate surface area is 174 Å². The number of carbonyl (C=O) groups excluding carboxylic acids is 1. The van der Waals surface area contributed by atoms with Crippen molar-refractivity contribution in [3.05, 3.63) is 47.5 Å². The Balaban J connectivity index is 1.64. The predicted octanol–water partition coefficient (Wildman–Crippen LogP) is 3.65. The zero-order chi connectivity index (χ0) is 20.5. The van der Waals surface area contributed by atoms with Gasteiger partial charge in [0.25, 0.3) is 5.91 Å². The Bertz CT molecular complexity index is 1010. The van der Waals surface area contributed by atoms with Gasteiger partial charge in [-0.05, 0) is 63.3 Å². The number of benzene rings is 2. The van der Waals surface area contributed by atoms with Gasteiger partial charge in [0.15, 0.2) is 16.6 Å². The van der Waals surface area contributed by atoms with Gasteiger partial charge >= 0.3 is 0 Å². The van der Waals surface area contributed by atoms with Crippen LogP contribution in [-0.4, -0.2) is 55.7 Å². The monoisotopic (exact) mass is 411 g/mol. The molecule has 0 unspecified atom stereocenters. The molecule has 3 aromatic rings. The van der Waals surface area contributed by atoms with Gasteiger partial charge in [0.05, 0.1) is 10.2 Å². The average molecular weight is 412 g/mol. The van der Waals surface area contributed by atoms with Crippen LogP contribution in [0.1, 0.15) is 11.1 Å². The molecule has 6 nitrogen and oxygen atoms in total. The van der Waals surface area contributed by atoms with E-state index in [9.17, 15) is 4.79 Å². The summed E-state index contributed by atoms with van der Waals surface area (Å²) in [5.74, 6) is 1.14. The van der Waals surface area contributed by atoms with Gasteiger partial charge in [-0.3, -0.25) is 9.69 Å². The van der Waals surface area contributed by atoms with Gasteiger partial charge in [0.1, 0.15) is 6.61 Å². The maximum Gasteiger partial charge on any atom is 0.273 e. The van der Waals surface area contributed by atoms with Crippen LogP contribution in [0.5, 0.6) is 11.5 Å². The average Bonchev–Trinajstić information content (AvgIpc) is 3.10. The number of fused-ring (bicyclic) bond motifs is 2. The number of hydrogen-bond donors (Lipinski definition) is 0. The molecular weight excluding hydrogens is 386 g/mol. The third kappa shape index (κ3) is 4.06. The number of ether oxygens (including phenoxy) is 2. The minimum atomic E-state index is -0.692. The first-order valence-electron chi connectivity index (χ1n) is 9.65. The minimum absolute atomic E-state index is 0.131. The van der Waals surface area contributed by atoms with Crippen LogP contribution >= 0.6 is 11.3 Å². The first-order chi connectivity index (χ1) is 13.9. The van der Waals surface area contributed by atoms with Crippen LogP contribution in [0.3, 0.4) is 0 Å². The lowest BCUT2D eigenvalue weighted by Crippen LogP contribution is -2.48. The molecule has 0 saturated heterocycles. The standard InChI is InChI=1S/C22H25N3O3S/c1-14-11-16-20(12-15(14)2)29-22(23-16)25(10-9-24(3)4)21(26)19-13-27-17-7-5-6-8-18(17)28-19/h5-8,11-12,19H,9-10,13H2,1-4H3/t19-/m1/s1. The molecule has 0 N–H and O–H groups in total. The highest BCUT2D eigenvalue weighted by Gasteiger charge is 2.33. The molecule has 29 heavy (non-hydrogen) atoms. The maximum atomic E-state index is 13.4. The van der Waals surface area contributed by atoms with E-state index in [0.29, 0.717) is 23.2 Å². The third-order valence-electron chi connectivity index (χ3n) is 5.04. The SMILES string of the molecule is Cc1cc2nc(N(CCN(C)C)C(=O)[C@H]3COc4ccccc4O3)sc2cc1C. The van der Waals surface area contributed by atoms with Gasteiger partial charge in [-0.15, -0.1) is 0 Å².